The van der Waals surface area contributed by atoms with Gasteiger partial charge in [0.1, 0.15) is 0 Å². The minimum absolute atomic E-state index is 0.0369. The molecule has 0 atom stereocenters. The van der Waals surface area contributed by atoms with Gasteiger partial charge in [0.15, 0.2) is 11.5 Å². The van der Waals surface area contributed by atoms with Crippen molar-refractivity contribution in [1.29, 1.82) is 0 Å². The van der Waals surface area contributed by atoms with E-state index in [1.807, 2.05) is 25.1 Å². The Morgan fingerprint density at radius 3 is 2.88 bits per heavy atom. The van der Waals surface area contributed by atoms with Crippen LogP contribution in [0.15, 0.2) is 23.0 Å². The number of aromatic amines is 1. The first-order chi connectivity index (χ1) is 7.74. The molecule has 2 aromatic rings. The zero-order valence-electron chi connectivity index (χ0n) is 8.57. The van der Waals surface area contributed by atoms with Crippen LogP contribution < -0.4 is 14.3 Å². The molecule has 0 radical (unpaired) electrons. The smallest absolute Gasteiger partial charge is 0.305 e. The van der Waals surface area contributed by atoms with Crippen molar-refractivity contribution in [2.24, 2.45) is 0 Å². The quantitative estimate of drug-likeness (QED) is 0.823. The van der Waals surface area contributed by atoms with Crippen molar-refractivity contribution < 1.29 is 9.47 Å². The number of thiazole rings is 1. The number of benzene rings is 1. The van der Waals surface area contributed by atoms with Crippen molar-refractivity contribution in [2.75, 3.05) is 6.79 Å². The summed E-state index contributed by atoms with van der Waals surface area (Å²) in [5.41, 5.74) is 1.80. The Balaban J connectivity index is 2.14. The van der Waals surface area contributed by atoms with Crippen LogP contribution in [0.1, 0.15) is 4.88 Å². The summed E-state index contributed by atoms with van der Waals surface area (Å²) in [5.74, 6) is 1.47. The van der Waals surface area contributed by atoms with Gasteiger partial charge in [0.2, 0.25) is 6.79 Å². The van der Waals surface area contributed by atoms with E-state index >= 15 is 0 Å². The lowest BCUT2D eigenvalue weighted by atomic mass is 10.1. The van der Waals surface area contributed by atoms with E-state index in [4.69, 9.17) is 9.47 Å². The molecule has 0 amide bonds. The third kappa shape index (κ3) is 1.40. The van der Waals surface area contributed by atoms with E-state index in [9.17, 15) is 4.79 Å². The van der Waals surface area contributed by atoms with Crippen LogP contribution in [0.2, 0.25) is 0 Å². The molecule has 1 aromatic carbocycles. The molecule has 0 fully saturated rings. The van der Waals surface area contributed by atoms with Gasteiger partial charge in [0, 0.05) is 10.4 Å². The molecule has 0 saturated heterocycles. The first-order valence-electron chi connectivity index (χ1n) is 4.84. The molecule has 1 aliphatic rings. The zero-order valence-corrected chi connectivity index (χ0v) is 9.39. The van der Waals surface area contributed by atoms with Gasteiger partial charge in [-0.25, -0.2) is 0 Å². The number of ether oxygens (including phenoxy) is 2. The predicted octanol–water partition coefficient (Wildman–Crippen LogP) is 2.14. The van der Waals surface area contributed by atoms with Crippen LogP contribution in [0, 0.1) is 6.92 Å². The zero-order chi connectivity index (χ0) is 11.1. The number of hydrogen-bond donors (Lipinski definition) is 1. The lowest BCUT2D eigenvalue weighted by Gasteiger charge is -2.01. The van der Waals surface area contributed by atoms with Crippen LogP contribution in [-0.4, -0.2) is 11.8 Å². The molecule has 1 N–H and O–H groups in total. The van der Waals surface area contributed by atoms with Crippen molar-refractivity contribution in [3.05, 3.63) is 32.7 Å². The van der Waals surface area contributed by atoms with E-state index in [2.05, 4.69) is 4.98 Å². The number of aryl methyl sites for hydroxylation is 1. The summed E-state index contributed by atoms with van der Waals surface area (Å²) >= 11 is 1.21. The van der Waals surface area contributed by atoms with Gasteiger partial charge >= 0.3 is 4.87 Å². The SMILES string of the molecule is Cc1sc(=O)[nH]c1-c1ccc2c(c1)OCO2. The highest BCUT2D eigenvalue weighted by Crippen LogP contribution is 2.36. The molecule has 2 heterocycles. The predicted molar refractivity (Wildman–Crippen MR) is 61.2 cm³/mol. The molecule has 0 saturated carbocycles. The second-order valence-corrected chi connectivity index (χ2v) is 4.70. The van der Waals surface area contributed by atoms with Gasteiger partial charge in [0.25, 0.3) is 0 Å². The fraction of sp³-hybridized carbons (Fsp3) is 0.182. The second kappa shape index (κ2) is 3.38. The summed E-state index contributed by atoms with van der Waals surface area (Å²) < 4.78 is 10.5. The van der Waals surface area contributed by atoms with Crippen LogP contribution in [0.25, 0.3) is 11.3 Å². The largest absolute Gasteiger partial charge is 0.454 e. The Bertz CT molecular complexity index is 600. The fourth-order valence-corrected chi connectivity index (χ4v) is 2.44. The minimum Gasteiger partial charge on any atom is -0.454 e. The van der Waals surface area contributed by atoms with Gasteiger partial charge in [-0.1, -0.05) is 11.3 Å². The summed E-state index contributed by atoms with van der Waals surface area (Å²) in [6, 6.07) is 5.65. The molecule has 3 rings (SSSR count). The Hall–Kier alpha value is -1.75. The van der Waals surface area contributed by atoms with Gasteiger partial charge in [-0.15, -0.1) is 0 Å². The van der Waals surface area contributed by atoms with Gasteiger partial charge < -0.3 is 14.5 Å². The molecule has 0 unspecified atom stereocenters. The lowest BCUT2D eigenvalue weighted by Crippen LogP contribution is -1.93. The Kier molecular flexibility index (Phi) is 2.00. The van der Waals surface area contributed by atoms with Crippen molar-refractivity contribution in [2.45, 2.75) is 6.92 Å². The highest BCUT2D eigenvalue weighted by atomic mass is 32.1. The minimum atomic E-state index is -0.0369. The number of aromatic nitrogens is 1. The van der Waals surface area contributed by atoms with Gasteiger partial charge in [0.05, 0.1) is 5.69 Å². The highest BCUT2D eigenvalue weighted by molar-refractivity contribution is 7.09. The van der Waals surface area contributed by atoms with E-state index in [-0.39, 0.29) is 11.7 Å². The molecule has 82 valence electrons. The van der Waals surface area contributed by atoms with Crippen molar-refractivity contribution in [3.63, 3.8) is 0 Å². The van der Waals surface area contributed by atoms with E-state index in [0.29, 0.717) is 0 Å². The molecule has 16 heavy (non-hydrogen) atoms. The fourth-order valence-electron chi connectivity index (χ4n) is 1.73. The first kappa shape index (κ1) is 9.47. The lowest BCUT2D eigenvalue weighted by molar-refractivity contribution is 0.174. The van der Waals surface area contributed by atoms with Crippen LogP contribution in [0.5, 0.6) is 11.5 Å². The highest BCUT2D eigenvalue weighted by Gasteiger charge is 2.15. The molecule has 4 nitrogen and oxygen atoms in total. The third-order valence-electron chi connectivity index (χ3n) is 2.49. The molecular weight excluding hydrogens is 226 g/mol. The molecule has 0 bridgehead atoms. The number of rotatable bonds is 1. The Morgan fingerprint density at radius 1 is 1.31 bits per heavy atom. The molecule has 5 heteroatoms. The van der Waals surface area contributed by atoms with Crippen LogP contribution in [-0.2, 0) is 0 Å². The second-order valence-electron chi connectivity index (χ2n) is 3.51. The maximum Gasteiger partial charge on any atom is 0.305 e. The number of nitrogens with one attached hydrogen (secondary N) is 1. The molecule has 1 aromatic heterocycles. The standard InChI is InChI=1S/C11H9NO3S/c1-6-10(12-11(13)16-6)7-2-3-8-9(4-7)15-5-14-8/h2-4H,5H2,1H3,(H,12,13). The summed E-state index contributed by atoms with van der Waals surface area (Å²) in [4.78, 5) is 15.0. The number of fused-ring (bicyclic) bond motifs is 1. The van der Waals surface area contributed by atoms with Crippen molar-refractivity contribution in [1.82, 2.24) is 4.98 Å². The monoisotopic (exact) mass is 235 g/mol. The summed E-state index contributed by atoms with van der Waals surface area (Å²) in [7, 11) is 0. The van der Waals surface area contributed by atoms with Gasteiger partial charge in [-0.3, -0.25) is 4.79 Å². The van der Waals surface area contributed by atoms with Crippen LogP contribution in [0.4, 0.5) is 0 Å². The van der Waals surface area contributed by atoms with Crippen molar-refractivity contribution in [3.8, 4) is 22.8 Å². The number of H-pyrrole nitrogens is 1. The average Bonchev–Trinajstić information content (AvgIpc) is 2.83. The molecule has 1 aliphatic heterocycles. The summed E-state index contributed by atoms with van der Waals surface area (Å²) in [6.07, 6.45) is 0. The number of hydrogen-bond acceptors (Lipinski definition) is 4. The van der Waals surface area contributed by atoms with E-state index in [1.54, 1.807) is 0 Å². The van der Waals surface area contributed by atoms with Crippen LogP contribution in [0.3, 0.4) is 0 Å². The Labute approximate surface area is 95.5 Å². The van der Waals surface area contributed by atoms with E-state index in [0.717, 1.165) is 27.6 Å². The normalized spacial score (nSPS) is 13.1. The Morgan fingerprint density at radius 2 is 2.12 bits per heavy atom. The van der Waals surface area contributed by atoms with E-state index in [1.165, 1.54) is 11.3 Å². The maximum atomic E-state index is 11.2. The maximum absolute atomic E-state index is 11.2. The van der Waals surface area contributed by atoms with Crippen molar-refractivity contribution >= 4 is 11.3 Å². The molecular formula is C11H9NO3S. The van der Waals surface area contributed by atoms with Gasteiger partial charge in [-0.2, -0.15) is 0 Å². The molecule has 0 aliphatic carbocycles. The average molecular weight is 235 g/mol. The van der Waals surface area contributed by atoms with E-state index < -0.39 is 0 Å². The summed E-state index contributed by atoms with van der Waals surface area (Å²) in [5, 5.41) is 0. The topological polar surface area (TPSA) is 51.3 Å². The van der Waals surface area contributed by atoms with Crippen LogP contribution >= 0.6 is 11.3 Å². The third-order valence-corrected chi connectivity index (χ3v) is 3.28. The summed E-state index contributed by atoms with van der Waals surface area (Å²) in [6.45, 7) is 2.18. The van der Waals surface area contributed by atoms with Gasteiger partial charge in [-0.05, 0) is 25.1 Å². The molecule has 0 spiro atoms. The first-order valence-corrected chi connectivity index (χ1v) is 5.65.